The molecular formula is C15H18N4O3S. The van der Waals surface area contributed by atoms with Gasteiger partial charge in [-0.3, -0.25) is 4.68 Å². The van der Waals surface area contributed by atoms with Crippen molar-refractivity contribution in [3.8, 4) is 11.4 Å². The van der Waals surface area contributed by atoms with E-state index in [1.54, 1.807) is 15.6 Å². The fourth-order valence-corrected chi connectivity index (χ4v) is 3.58. The maximum Gasteiger partial charge on any atom is 0.348 e. The van der Waals surface area contributed by atoms with Crippen LogP contribution >= 0.6 is 11.3 Å². The summed E-state index contributed by atoms with van der Waals surface area (Å²) in [4.78, 5) is 13.3. The van der Waals surface area contributed by atoms with E-state index in [4.69, 9.17) is 9.47 Å². The number of rotatable bonds is 5. The normalized spacial score (nSPS) is 12.7. The second-order valence-electron chi connectivity index (χ2n) is 5.01. The number of aryl methyl sites for hydroxylation is 1. The summed E-state index contributed by atoms with van der Waals surface area (Å²) in [5, 5.41) is 9.78. The van der Waals surface area contributed by atoms with Crippen LogP contribution in [0.3, 0.4) is 0 Å². The lowest BCUT2D eigenvalue weighted by atomic mass is 10.2. The molecule has 1 atom stereocenters. The van der Waals surface area contributed by atoms with Crippen LogP contribution in [0.2, 0.25) is 0 Å². The van der Waals surface area contributed by atoms with Gasteiger partial charge < -0.3 is 9.47 Å². The van der Waals surface area contributed by atoms with Gasteiger partial charge in [0, 0.05) is 25.2 Å². The summed E-state index contributed by atoms with van der Waals surface area (Å²) < 4.78 is 14.1. The van der Waals surface area contributed by atoms with Crippen LogP contribution in [-0.4, -0.2) is 39.2 Å². The first-order valence-corrected chi connectivity index (χ1v) is 8.08. The van der Waals surface area contributed by atoms with Crippen LogP contribution in [0.5, 0.6) is 0 Å². The number of hydrogen-bond acceptors (Lipinski definition) is 6. The van der Waals surface area contributed by atoms with Gasteiger partial charge in [-0.15, -0.1) is 11.3 Å². The standard InChI is InChI=1S/C15H18N4O3S/c1-5-22-9(2)19-14-10(8-12(23-14)15(20)21-4)13(17-19)11-6-7-16-18(11)3/h6-9H,5H2,1-4H3. The van der Waals surface area contributed by atoms with Gasteiger partial charge in [0.2, 0.25) is 0 Å². The summed E-state index contributed by atoms with van der Waals surface area (Å²) in [5.41, 5.74) is 1.66. The number of carbonyl (C=O) groups excluding carboxylic acids is 1. The van der Waals surface area contributed by atoms with Gasteiger partial charge in [0.1, 0.15) is 21.6 Å². The molecule has 3 aromatic rings. The highest BCUT2D eigenvalue weighted by Gasteiger charge is 2.23. The average molecular weight is 334 g/mol. The van der Waals surface area contributed by atoms with Crippen molar-refractivity contribution in [2.24, 2.45) is 7.05 Å². The number of esters is 1. The molecule has 23 heavy (non-hydrogen) atoms. The van der Waals surface area contributed by atoms with Gasteiger partial charge in [-0.05, 0) is 26.0 Å². The van der Waals surface area contributed by atoms with Crippen molar-refractivity contribution in [2.45, 2.75) is 20.1 Å². The molecule has 0 aliphatic heterocycles. The Morgan fingerprint density at radius 2 is 2.26 bits per heavy atom. The summed E-state index contributed by atoms with van der Waals surface area (Å²) in [5.74, 6) is -0.349. The van der Waals surface area contributed by atoms with Gasteiger partial charge in [-0.2, -0.15) is 10.2 Å². The number of aromatic nitrogens is 4. The monoisotopic (exact) mass is 334 g/mol. The van der Waals surface area contributed by atoms with E-state index in [2.05, 4.69) is 10.2 Å². The highest BCUT2D eigenvalue weighted by molar-refractivity contribution is 7.20. The molecule has 0 aliphatic carbocycles. The molecular weight excluding hydrogens is 316 g/mol. The van der Waals surface area contributed by atoms with Crippen LogP contribution < -0.4 is 0 Å². The molecule has 0 N–H and O–H groups in total. The molecule has 0 amide bonds. The molecule has 3 heterocycles. The van der Waals surface area contributed by atoms with Gasteiger partial charge in [-0.1, -0.05) is 0 Å². The number of carbonyl (C=O) groups is 1. The lowest BCUT2D eigenvalue weighted by molar-refractivity contribution is 0.0197. The number of thiophene rings is 1. The van der Waals surface area contributed by atoms with Gasteiger partial charge in [0.15, 0.2) is 0 Å². The maximum atomic E-state index is 11.9. The highest BCUT2D eigenvalue weighted by atomic mass is 32.1. The van der Waals surface area contributed by atoms with Gasteiger partial charge in [0.25, 0.3) is 0 Å². The Labute approximate surface area is 137 Å². The topological polar surface area (TPSA) is 71.2 Å². The van der Waals surface area contributed by atoms with Gasteiger partial charge in [0.05, 0.1) is 12.8 Å². The minimum absolute atomic E-state index is 0.228. The van der Waals surface area contributed by atoms with E-state index in [-0.39, 0.29) is 12.2 Å². The maximum absolute atomic E-state index is 11.9. The number of nitrogens with zero attached hydrogens (tertiary/aromatic N) is 4. The Hall–Kier alpha value is -2.19. The third-order valence-electron chi connectivity index (χ3n) is 3.59. The average Bonchev–Trinajstić information content (AvgIpc) is 3.21. The van der Waals surface area contributed by atoms with E-state index in [1.165, 1.54) is 18.4 Å². The summed E-state index contributed by atoms with van der Waals surface area (Å²) in [6.07, 6.45) is 1.49. The van der Waals surface area contributed by atoms with E-state index in [9.17, 15) is 4.79 Å². The zero-order chi connectivity index (χ0) is 16.6. The smallest absolute Gasteiger partial charge is 0.348 e. The SMILES string of the molecule is CCOC(C)n1nc(-c2ccnn2C)c2cc(C(=O)OC)sc21. The number of fused-ring (bicyclic) bond motifs is 1. The van der Waals surface area contributed by atoms with Crippen LogP contribution in [0.15, 0.2) is 18.3 Å². The van der Waals surface area contributed by atoms with Crippen molar-refractivity contribution < 1.29 is 14.3 Å². The summed E-state index contributed by atoms with van der Waals surface area (Å²) in [7, 11) is 3.24. The molecule has 0 aliphatic rings. The van der Waals surface area contributed by atoms with Crippen LogP contribution in [0.4, 0.5) is 0 Å². The van der Waals surface area contributed by atoms with Crippen LogP contribution in [-0.2, 0) is 16.5 Å². The molecule has 0 fully saturated rings. The summed E-state index contributed by atoms with van der Waals surface area (Å²) >= 11 is 1.35. The van der Waals surface area contributed by atoms with E-state index in [0.717, 1.165) is 21.6 Å². The minimum Gasteiger partial charge on any atom is -0.465 e. The summed E-state index contributed by atoms with van der Waals surface area (Å²) in [6.45, 7) is 4.45. The third-order valence-corrected chi connectivity index (χ3v) is 4.69. The molecule has 1 unspecified atom stereocenters. The first-order valence-electron chi connectivity index (χ1n) is 7.27. The third kappa shape index (κ3) is 2.64. The Bertz CT molecular complexity index is 848. The van der Waals surface area contributed by atoms with E-state index in [0.29, 0.717) is 11.5 Å². The number of ether oxygens (including phenoxy) is 2. The Morgan fingerprint density at radius 3 is 2.87 bits per heavy atom. The molecule has 7 nitrogen and oxygen atoms in total. The van der Waals surface area contributed by atoms with Gasteiger partial charge in [-0.25, -0.2) is 9.48 Å². The molecule has 8 heteroatoms. The predicted octanol–water partition coefficient (Wildman–Crippen LogP) is 2.84. The molecule has 3 aromatic heterocycles. The zero-order valence-electron chi connectivity index (χ0n) is 13.4. The molecule has 0 bridgehead atoms. The number of methoxy groups -OCH3 is 1. The Morgan fingerprint density at radius 1 is 1.48 bits per heavy atom. The van der Waals surface area contributed by atoms with Crippen molar-refractivity contribution in [3.63, 3.8) is 0 Å². The highest BCUT2D eigenvalue weighted by Crippen LogP contribution is 2.35. The van der Waals surface area contributed by atoms with E-state index >= 15 is 0 Å². The predicted molar refractivity (Wildman–Crippen MR) is 87.5 cm³/mol. The van der Waals surface area contributed by atoms with Crippen molar-refractivity contribution in [1.82, 2.24) is 19.6 Å². The number of hydrogen-bond donors (Lipinski definition) is 0. The van der Waals surface area contributed by atoms with Crippen molar-refractivity contribution in [3.05, 3.63) is 23.2 Å². The molecule has 0 saturated carbocycles. The van der Waals surface area contributed by atoms with Crippen LogP contribution in [0.25, 0.3) is 21.6 Å². The summed E-state index contributed by atoms with van der Waals surface area (Å²) in [6, 6.07) is 3.71. The Balaban J connectivity index is 2.21. The van der Waals surface area contributed by atoms with Crippen LogP contribution in [0, 0.1) is 0 Å². The van der Waals surface area contributed by atoms with Crippen molar-refractivity contribution >= 4 is 27.5 Å². The zero-order valence-corrected chi connectivity index (χ0v) is 14.3. The lowest BCUT2D eigenvalue weighted by Gasteiger charge is -2.12. The molecule has 0 radical (unpaired) electrons. The largest absolute Gasteiger partial charge is 0.465 e. The van der Waals surface area contributed by atoms with Crippen molar-refractivity contribution in [2.75, 3.05) is 13.7 Å². The molecule has 0 saturated heterocycles. The first-order chi connectivity index (χ1) is 11.1. The van der Waals surface area contributed by atoms with Gasteiger partial charge >= 0.3 is 5.97 Å². The first kappa shape index (κ1) is 15.7. The second-order valence-corrected chi connectivity index (χ2v) is 6.04. The Kier molecular flexibility index (Phi) is 4.18. The lowest BCUT2D eigenvalue weighted by Crippen LogP contribution is -2.10. The molecule has 0 spiro atoms. The molecule has 122 valence electrons. The minimum atomic E-state index is -0.349. The quantitative estimate of drug-likeness (QED) is 0.671. The van der Waals surface area contributed by atoms with Crippen LogP contribution in [0.1, 0.15) is 29.7 Å². The fraction of sp³-hybridized carbons (Fsp3) is 0.400. The van der Waals surface area contributed by atoms with E-state index in [1.807, 2.05) is 33.0 Å². The second kappa shape index (κ2) is 6.13. The molecule has 0 aromatic carbocycles. The van der Waals surface area contributed by atoms with Crippen molar-refractivity contribution in [1.29, 1.82) is 0 Å². The van der Waals surface area contributed by atoms with E-state index < -0.39 is 0 Å². The fourth-order valence-electron chi connectivity index (χ4n) is 2.48. The molecule has 3 rings (SSSR count).